The summed E-state index contributed by atoms with van der Waals surface area (Å²) in [7, 11) is 0. The Labute approximate surface area is 137 Å². The number of para-hydroxylation sites is 2. The number of unbranched alkanes of at least 4 members (excludes halogenated alkanes) is 1. The molecule has 0 aliphatic carbocycles. The molecular formula is C18H23N3O2. The Balaban J connectivity index is 2.01. The first kappa shape index (κ1) is 16.8. The van der Waals surface area contributed by atoms with Crippen LogP contribution in [0, 0.1) is 0 Å². The second-order valence-corrected chi connectivity index (χ2v) is 5.10. The van der Waals surface area contributed by atoms with Gasteiger partial charge >= 0.3 is 0 Å². The van der Waals surface area contributed by atoms with Gasteiger partial charge in [-0.1, -0.05) is 25.5 Å². The smallest absolute Gasteiger partial charge is 0.269 e. The van der Waals surface area contributed by atoms with Crippen molar-refractivity contribution in [2.45, 2.75) is 26.7 Å². The van der Waals surface area contributed by atoms with E-state index in [1.54, 1.807) is 12.3 Å². The van der Waals surface area contributed by atoms with Crippen LogP contribution in [-0.4, -0.2) is 24.0 Å². The van der Waals surface area contributed by atoms with Crippen molar-refractivity contribution >= 4 is 17.3 Å². The number of carbonyl (C=O) groups is 1. The topological polar surface area (TPSA) is 63.2 Å². The normalized spacial score (nSPS) is 10.2. The van der Waals surface area contributed by atoms with E-state index in [0.29, 0.717) is 18.8 Å². The second-order valence-electron chi connectivity index (χ2n) is 5.10. The summed E-state index contributed by atoms with van der Waals surface area (Å²) < 4.78 is 5.58. The van der Waals surface area contributed by atoms with Gasteiger partial charge in [-0.25, -0.2) is 4.98 Å². The number of amides is 1. The number of nitrogens with zero attached hydrogens (tertiary/aromatic N) is 1. The molecule has 1 amide bonds. The van der Waals surface area contributed by atoms with Crippen LogP contribution in [0.2, 0.25) is 0 Å². The Hall–Kier alpha value is -2.56. The van der Waals surface area contributed by atoms with Gasteiger partial charge in [0.05, 0.1) is 24.2 Å². The predicted molar refractivity (Wildman–Crippen MR) is 92.4 cm³/mol. The minimum absolute atomic E-state index is 0.139. The maximum Gasteiger partial charge on any atom is 0.269 e. The number of benzene rings is 1. The van der Waals surface area contributed by atoms with Gasteiger partial charge in [0.1, 0.15) is 11.4 Å². The number of pyridine rings is 1. The third-order valence-corrected chi connectivity index (χ3v) is 3.28. The molecular weight excluding hydrogens is 290 g/mol. The number of rotatable bonds is 8. The van der Waals surface area contributed by atoms with Crippen LogP contribution in [-0.2, 0) is 0 Å². The van der Waals surface area contributed by atoms with Gasteiger partial charge in [-0.2, -0.15) is 0 Å². The minimum atomic E-state index is -0.139. The van der Waals surface area contributed by atoms with Crippen molar-refractivity contribution in [3.05, 3.63) is 48.3 Å². The van der Waals surface area contributed by atoms with E-state index in [0.717, 1.165) is 30.0 Å². The van der Waals surface area contributed by atoms with E-state index in [-0.39, 0.29) is 5.91 Å². The number of anilines is 2. The molecule has 5 heteroatoms. The molecule has 5 nitrogen and oxygen atoms in total. The van der Waals surface area contributed by atoms with E-state index >= 15 is 0 Å². The number of aromatic nitrogens is 1. The van der Waals surface area contributed by atoms with Crippen LogP contribution in [0.3, 0.4) is 0 Å². The van der Waals surface area contributed by atoms with Crippen molar-refractivity contribution in [1.29, 1.82) is 0 Å². The zero-order valence-corrected chi connectivity index (χ0v) is 13.6. The molecule has 0 atom stereocenters. The maximum atomic E-state index is 11.9. The molecule has 1 aromatic heterocycles. The lowest BCUT2D eigenvalue weighted by molar-refractivity contribution is 0.0948. The lowest BCUT2D eigenvalue weighted by Crippen LogP contribution is -2.25. The monoisotopic (exact) mass is 313 g/mol. The summed E-state index contributed by atoms with van der Waals surface area (Å²) in [6.45, 7) is 5.32. The summed E-state index contributed by atoms with van der Waals surface area (Å²) in [5.74, 6) is 0.649. The highest BCUT2D eigenvalue weighted by Crippen LogP contribution is 2.27. The number of ether oxygens (including phenoxy) is 1. The molecule has 1 heterocycles. The van der Waals surface area contributed by atoms with Crippen molar-refractivity contribution in [2.75, 3.05) is 18.5 Å². The van der Waals surface area contributed by atoms with E-state index in [4.69, 9.17) is 4.74 Å². The van der Waals surface area contributed by atoms with Gasteiger partial charge in [0, 0.05) is 6.54 Å². The lowest BCUT2D eigenvalue weighted by atomic mass is 10.2. The molecule has 0 aliphatic heterocycles. The first-order valence-corrected chi connectivity index (χ1v) is 7.97. The van der Waals surface area contributed by atoms with Gasteiger partial charge in [0.25, 0.3) is 5.91 Å². The van der Waals surface area contributed by atoms with E-state index in [1.165, 1.54) is 0 Å². The molecule has 0 bridgehead atoms. The largest absolute Gasteiger partial charge is 0.492 e. The van der Waals surface area contributed by atoms with Crippen LogP contribution in [0.5, 0.6) is 5.75 Å². The predicted octanol–water partition coefficient (Wildman–Crippen LogP) is 3.75. The van der Waals surface area contributed by atoms with Gasteiger partial charge < -0.3 is 15.4 Å². The number of carbonyl (C=O) groups excluding carboxylic acids is 1. The molecule has 0 aliphatic rings. The molecule has 2 N–H and O–H groups in total. The summed E-state index contributed by atoms with van der Waals surface area (Å²) in [4.78, 5) is 16.1. The average Bonchev–Trinajstić information content (AvgIpc) is 2.58. The molecule has 2 aromatic rings. The van der Waals surface area contributed by atoms with Crippen LogP contribution in [0.15, 0.2) is 42.6 Å². The van der Waals surface area contributed by atoms with E-state index in [2.05, 4.69) is 22.5 Å². The van der Waals surface area contributed by atoms with Gasteiger partial charge in [-0.15, -0.1) is 0 Å². The van der Waals surface area contributed by atoms with Crippen LogP contribution >= 0.6 is 0 Å². The fourth-order valence-electron chi connectivity index (χ4n) is 2.08. The quantitative estimate of drug-likeness (QED) is 0.729. The third-order valence-electron chi connectivity index (χ3n) is 3.28. The van der Waals surface area contributed by atoms with Gasteiger partial charge in [-0.05, 0) is 37.6 Å². The summed E-state index contributed by atoms with van der Waals surface area (Å²) in [6.07, 6.45) is 3.67. The van der Waals surface area contributed by atoms with Crippen molar-refractivity contribution in [2.24, 2.45) is 0 Å². The molecule has 2 rings (SSSR count). The third kappa shape index (κ3) is 4.98. The Morgan fingerprint density at radius 2 is 2.00 bits per heavy atom. The van der Waals surface area contributed by atoms with Crippen molar-refractivity contribution in [3.8, 4) is 5.75 Å². The molecule has 0 saturated heterocycles. The molecule has 0 fully saturated rings. The molecule has 0 spiro atoms. The van der Waals surface area contributed by atoms with E-state index in [9.17, 15) is 4.79 Å². The Morgan fingerprint density at radius 3 is 2.70 bits per heavy atom. The minimum Gasteiger partial charge on any atom is -0.492 e. The van der Waals surface area contributed by atoms with Crippen molar-refractivity contribution in [3.63, 3.8) is 0 Å². The van der Waals surface area contributed by atoms with Gasteiger partial charge in [-0.3, -0.25) is 4.79 Å². The second kappa shape index (κ2) is 8.78. The highest BCUT2D eigenvalue weighted by Gasteiger charge is 2.07. The summed E-state index contributed by atoms with van der Waals surface area (Å²) >= 11 is 0. The fraction of sp³-hybridized carbons (Fsp3) is 0.333. The summed E-state index contributed by atoms with van der Waals surface area (Å²) in [6, 6.07) is 11.3. The zero-order chi connectivity index (χ0) is 16.5. The lowest BCUT2D eigenvalue weighted by Gasteiger charge is -2.12. The first-order chi connectivity index (χ1) is 11.2. The molecule has 0 unspecified atom stereocenters. The Morgan fingerprint density at radius 1 is 1.17 bits per heavy atom. The fourth-order valence-corrected chi connectivity index (χ4v) is 2.08. The summed E-state index contributed by atoms with van der Waals surface area (Å²) in [5, 5.41) is 6.11. The van der Waals surface area contributed by atoms with E-state index < -0.39 is 0 Å². The van der Waals surface area contributed by atoms with E-state index in [1.807, 2.05) is 37.3 Å². The molecule has 23 heavy (non-hydrogen) atoms. The highest BCUT2D eigenvalue weighted by molar-refractivity contribution is 5.92. The van der Waals surface area contributed by atoms with Crippen LogP contribution in [0.1, 0.15) is 37.2 Å². The number of nitrogens with one attached hydrogen (secondary N) is 2. The van der Waals surface area contributed by atoms with Gasteiger partial charge in [0.2, 0.25) is 0 Å². The van der Waals surface area contributed by atoms with Crippen molar-refractivity contribution < 1.29 is 9.53 Å². The molecule has 0 radical (unpaired) electrons. The first-order valence-electron chi connectivity index (χ1n) is 7.97. The maximum absolute atomic E-state index is 11.9. The van der Waals surface area contributed by atoms with Crippen molar-refractivity contribution in [1.82, 2.24) is 10.3 Å². The van der Waals surface area contributed by atoms with Crippen LogP contribution < -0.4 is 15.4 Å². The molecule has 0 saturated carbocycles. The molecule has 1 aromatic carbocycles. The molecule has 122 valence electrons. The standard InChI is InChI=1S/C18H23N3O2/c1-3-5-12-19-18(22)16-11-10-14(13-20-16)21-15-8-6-7-9-17(15)23-4-2/h6-11,13,21H,3-5,12H2,1-2H3,(H,19,22). The van der Waals surface area contributed by atoms with Crippen LogP contribution in [0.4, 0.5) is 11.4 Å². The average molecular weight is 313 g/mol. The van der Waals surface area contributed by atoms with Gasteiger partial charge in [0.15, 0.2) is 0 Å². The summed E-state index contributed by atoms with van der Waals surface area (Å²) in [5.41, 5.74) is 2.10. The van der Waals surface area contributed by atoms with Crippen LogP contribution in [0.25, 0.3) is 0 Å². The number of hydrogen-bond acceptors (Lipinski definition) is 4. The highest BCUT2D eigenvalue weighted by atomic mass is 16.5. The number of hydrogen-bond donors (Lipinski definition) is 2. The Bertz CT molecular complexity index is 626. The SMILES string of the molecule is CCCCNC(=O)c1ccc(Nc2ccccc2OCC)cn1. The Kier molecular flexibility index (Phi) is 6.41. The zero-order valence-electron chi connectivity index (χ0n) is 13.6.